The third kappa shape index (κ3) is 2.53. The Bertz CT molecular complexity index is 897. The summed E-state index contributed by atoms with van der Waals surface area (Å²) in [5.41, 5.74) is 1.59. The van der Waals surface area contributed by atoms with Crippen LogP contribution < -0.4 is 0 Å². The van der Waals surface area contributed by atoms with Crippen LogP contribution in [0.25, 0.3) is 10.2 Å². The number of rotatable bonds is 3. The number of non-ortho nitro benzene ring substituents is 1. The van der Waals surface area contributed by atoms with Gasteiger partial charge in [0.15, 0.2) is 0 Å². The fourth-order valence-electron chi connectivity index (χ4n) is 2.05. The number of aliphatic hydroxyl groups excluding tert-OH is 1. The second-order valence-corrected chi connectivity index (χ2v) is 5.66. The monoisotopic (exact) mass is 311 g/mol. The molecule has 1 atom stereocenters. The summed E-state index contributed by atoms with van der Waals surface area (Å²) < 4.78 is 0.772. The summed E-state index contributed by atoms with van der Waals surface area (Å²) in [6.07, 6.45) is -0.927. The predicted octanol–water partition coefficient (Wildman–Crippen LogP) is 3.16. The predicted molar refractivity (Wildman–Crippen MR) is 81.5 cm³/mol. The van der Waals surface area contributed by atoms with Crippen molar-refractivity contribution >= 4 is 27.2 Å². The molecule has 0 bridgehead atoms. The molecule has 0 amide bonds. The molecule has 22 heavy (non-hydrogen) atoms. The Morgan fingerprint density at radius 2 is 2.00 bits per heavy atom. The molecule has 0 saturated carbocycles. The van der Waals surface area contributed by atoms with Gasteiger partial charge in [0, 0.05) is 12.1 Å². The number of thiazole rings is 1. The third-order valence-corrected chi connectivity index (χ3v) is 4.28. The maximum absolute atomic E-state index is 10.8. The van der Waals surface area contributed by atoms with E-state index in [1.807, 2.05) is 6.07 Å². The zero-order valence-electron chi connectivity index (χ0n) is 11.1. The van der Waals surface area contributed by atoms with Gasteiger partial charge in [-0.1, -0.05) is 12.1 Å². The fourth-order valence-corrected chi connectivity index (χ4v) is 3.01. The summed E-state index contributed by atoms with van der Waals surface area (Å²) in [4.78, 5) is 14.6. The average Bonchev–Trinajstić information content (AvgIpc) is 2.97. The SMILES string of the molecule is N#Cc1ccc(C(O)c2nc3cc([N+](=O)[O-])ccc3s2)cc1. The number of benzene rings is 2. The Kier molecular flexibility index (Phi) is 3.55. The minimum Gasteiger partial charge on any atom is -0.381 e. The van der Waals surface area contributed by atoms with Crippen LogP contribution in [-0.4, -0.2) is 15.0 Å². The maximum Gasteiger partial charge on any atom is 0.271 e. The summed E-state index contributed by atoms with van der Waals surface area (Å²) >= 11 is 1.28. The second-order valence-electron chi connectivity index (χ2n) is 4.60. The van der Waals surface area contributed by atoms with E-state index in [0.717, 1.165) is 4.70 Å². The van der Waals surface area contributed by atoms with E-state index < -0.39 is 11.0 Å². The molecule has 3 aromatic rings. The van der Waals surface area contributed by atoms with Gasteiger partial charge in [0.25, 0.3) is 5.69 Å². The molecule has 0 fully saturated rings. The van der Waals surface area contributed by atoms with Gasteiger partial charge in [-0.25, -0.2) is 4.98 Å². The zero-order chi connectivity index (χ0) is 15.7. The summed E-state index contributed by atoms with van der Waals surface area (Å²) in [5.74, 6) is 0. The Balaban J connectivity index is 1.98. The Morgan fingerprint density at radius 3 is 2.64 bits per heavy atom. The number of hydrogen-bond acceptors (Lipinski definition) is 6. The fraction of sp³-hybridized carbons (Fsp3) is 0.0667. The minimum absolute atomic E-state index is 0.0304. The number of nitro benzene ring substituents is 1. The molecule has 1 heterocycles. The lowest BCUT2D eigenvalue weighted by Gasteiger charge is -2.07. The zero-order valence-corrected chi connectivity index (χ0v) is 11.9. The molecule has 0 saturated heterocycles. The lowest BCUT2D eigenvalue weighted by Crippen LogP contribution is -1.98. The van der Waals surface area contributed by atoms with Gasteiger partial charge in [-0.15, -0.1) is 11.3 Å². The molecule has 1 N–H and O–H groups in total. The van der Waals surface area contributed by atoms with Crippen molar-refractivity contribution in [3.63, 3.8) is 0 Å². The summed E-state index contributed by atoms with van der Waals surface area (Å²) in [6.45, 7) is 0. The number of aromatic nitrogens is 1. The number of aliphatic hydroxyl groups is 1. The first kappa shape index (κ1) is 14.1. The molecule has 6 nitrogen and oxygen atoms in total. The van der Waals surface area contributed by atoms with Crippen LogP contribution in [0.2, 0.25) is 0 Å². The van der Waals surface area contributed by atoms with Crippen LogP contribution in [-0.2, 0) is 0 Å². The largest absolute Gasteiger partial charge is 0.381 e. The van der Waals surface area contributed by atoms with Crippen molar-refractivity contribution in [2.75, 3.05) is 0 Å². The molecule has 7 heteroatoms. The van der Waals surface area contributed by atoms with Gasteiger partial charge in [-0.3, -0.25) is 10.1 Å². The average molecular weight is 311 g/mol. The van der Waals surface area contributed by atoms with E-state index in [2.05, 4.69) is 4.98 Å². The van der Waals surface area contributed by atoms with Crippen LogP contribution in [0.15, 0.2) is 42.5 Å². The lowest BCUT2D eigenvalue weighted by molar-refractivity contribution is -0.384. The Labute approximate surface area is 129 Å². The number of nitrogens with zero attached hydrogens (tertiary/aromatic N) is 3. The lowest BCUT2D eigenvalue weighted by atomic mass is 10.1. The van der Waals surface area contributed by atoms with Gasteiger partial charge < -0.3 is 5.11 Å². The highest BCUT2D eigenvalue weighted by molar-refractivity contribution is 7.18. The first-order valence-electron chi connectivity index (χ1n) is 6.31. The second kappa shape index (κ2) is 5.52. The molecular formula is C15H9N3O3S. The van der Waals surface area contributed by atoms with Crippen molar-refractivity contribution in [3.05, 3.63) is 68.7 Å². The van der Waals surface area contributed by atoms with Crippen LogP contribution in [0.1, 0.15) is 22.2 Å². The van der Waals surface area contributed by atoms with Gasteiger partial charge in [0.1, 0.15) is 11.1 Å². The maximum atomic E-state index is 10.8. The van der Waals surface area contributed by atoms with E-state index in [1.54, 1.807) is 30.3 Å². The van der Waals surface area contributed by atoms with Crippen LogP contribution >= 0.6 is 11.3 Å². The van der Waals surface area contributed by atoms with Crippen molar-refractivity contribution in [2.24, 2.45) is 0 Å². The number of hydrogen-bond donors (Lipinski definition) is 1. The smallest absolute Gasteiger partial charge is 0.271 e. The molecule has 3 rings (SSSR count). The van der Waals surface area contributed by atoms with Crippen molar-refractivity contribution < 1.29 is 10.0 Å². The number of fused-ring (bicyclic) bond motifs is 1. The van der Waals surface area contributed by atoms with E-state index in [4.69, 9.17) is 5.26 Å². The van der Waals surface area contributed by atoms with Crippen molar-refractivity contribution in [2.45, 2.75) is 6.10 Å². The van der Waals surface area contributed by atoms with Gasteiger partial charge in [-0.05, 0) is 23.8 Å². The topological polar surface area (TPSA) is 100 Å². The number of nitro groups is 1. The van der Waals surface area contributed by atoms with Crippen LogP contribution in [0.5, 0.6) is 0 Å². The molecule has 0 spiro atoms. The standard InChI is InChI=1S/C15H9N3O3S/c16-8-9-1-3-10(4-2-9)14(19)15-17-12-7-11(18(20)21)5-6-13(12)22-15/h1-7,14,19H. The minimum atomic E-state index is -0.927. The Hall–Kier alpha value is -2.82. The highest BCUT2D eigenvalue weighted by atomic mass is 32.1. The molecule has 0 radical (unpaired) electrons. The summed E-state index contributed by atoms with van der Waals surface area (Å²) in [7, 11) is 0. The molecular weight excluding hydrogens is 302 g/mol. The Morgan fingerprint density at radius 1 is 1.27 bits per heavy atom. The van der Waals surface area contributed by atoms with E-state index in [0.29, 0.717) is 21.7 Å². The quantitative estimate of drug-likeness (QED) is 0.591. The molecule has 108 valence electrons. The van der Waals surface area contributed by atoms with Gasteiger partial charge in [0.05, 0.1) is 26.8 Å². The molecule has 0 aliphatic heterocycles. The molecule has 1 aromatic heterocycles. The van der Waals surface area contributed by atoms with Gasteiger partial charge in [-0.2, -0.15) is 5.26 Å². The summed E-state index contributed by atoms with van der Waals surface area (Å²) in [6, 6.07) is 13.0. The third-order valence-electron chi connectivity index (χ3n) is 3.19. The van der Waals surface area contributed by atoms with Crippen molar-refractivity contribution in [1.82, 2.24) is 4.98 Å². The first-order valence-corrected chi connectivity index (χ1v) is 7.13. The molecule has 2 aromatic carbocycles. The van der Waals surface area contributed by atoms with E-state index in [-0.39, 0.29) is 5.69 Å². The van der Waals surface area contributed by atoms with Crippen LogP contribution in [0.3, 0.4) is 0 Å². The van der Waals surface area contributed by atoms with Crippen molar-refractivity contribution in [1.29, 1.82) is 5.26 Å². The van der Waals surface area contributed by atoms with Gasteiger partial charge in [0.2, 0.25) is 0 Å². The normalized spacial score (nSPS) is 12.0. The summed E-state index contributed by atoms with van der Waals surface area (Å²) in [5, 5.41) is 30.4. The highest BCUT2D eigenvalue weighted by Gasteiger charge is 2.17. The number of nitriles is 1. The molecule has 1 unspecified atom stereocenters. The van der Waals surface area contributed by atoms with Crippen molar-refractivity contribution in [3.8, 4) is 6.07 Å². The van der Waals surface area contributed by atoms with Crippen LogP contribution in [0, 0.1) is 21.4 Å². The van der Waals surface area contributed by atoms with E-state index in [9.17, 15) is 15.2 Å². The van der Waals surface area contributed by atoms with E-state index in [1.165, 1.54) is 23.5 Å². The van der Waals surface area contributed by atoms with Crippen LogP contribution in [0.4, 0.5) is 5.69 Å². The first-order chi connectivity index (χ1) is 10.6. The molecule has 0 aliphatic rings. The highest BCUT2D eigenvalue weighted by Crippen LogP contribution is 2.31. The van der Waals surface area contributed by atoms with E-state index >= 15 is 0 Å². The molecule has 0 aliphatic carbocycles. The van der Waals surface area contributed by atoms with Gasteiger partial charge >= 0.3 is 0 Å².